The molecular formula is C22H23ClN2O3S2. The molecule has 0 saturated carbocycles. The number of nitrogens with zero attached hydrogens (tertiary/aromatic N) is 2. The minimum Gasteiger partial charge on any atom is -0.315 e. The number of rotatable bonds is 4. The van der Waals surface area contributed by atoms with Gasteiger partial charge >= 0.3 is 0 Å². The third-order valence-corrected chi connectivity index (χ3v) is 8.98. The van der Waals surface area contributed by atoms with Crippen molar-refractivity contribution in [1.82, 2.24) is 0 Å². The standard InChI is InChI=1S/C22H23ClN2O3S2/c1-14(2)16-8-4-6-10-18(16)25-19-12-30(27,28)13-20(19)29-22(25)24-21(26)11-15-7-3-5-9-17(15)23/h3-10,14,19-20H,11-13H2,1-2H3. The Morgan fingerprint density at radius 3 is 2.60 bits per heavy atom. The number of amidine groups is 1. The van der Waals surface area contributed by atoms with Crippen LogP contribution in [0.1, 0.15) is 30.9 Å². The molecular weight excluding hydrogens is 440 g/mol. The number of carbonyl (C=O) groups is 1. The van der Waals surface area contributed by atoms with E-state index in [4.69, 9.17) is 11.6 Å². The summed E-state index contributed by atoms with van der Waals surface area (Å²) in [5.41, 5.74) is 2.76. The van der Waals surface area contributed by atoms with Gasteiger partial charge in [0.05, 0.1) is 24.0 Å². The molecule has 5 nitrogen and oxygen atoms in total. The van der Waals surface area contributed by atoms with E-state index in [1.54, 1.807) is 6.07 Å². The fraction of sp³-hybridized carbons (Fsp3) is 0.364. The van der Waals surface area contributed by atoms with Gasteiger partial charge in [-0.05, 0) is 29.2 Å². The molecule has 0 radical (unpaired) electrons. The largest absolute Gasteiger partial charge is 0.315 e. The molecule has 30 heavy (non-hydrogen) atoms. The summed E-state index contributed by atoms with van der Waals surface area (Å²) >= 11 is 7.58. The number of para-hydroxylation sites is 1. The third-order valence-electron chi connectivity index (χ3n) is 5.40. The number of hydrogen-bond donors (Lipinski definition) is 0. The van der Waals surface area contributed by atoms with Crippen molar-refractivity contribution in [2.24, 2.45) is 4.99 Å². The van der Waals surface area contributed by atoms with Gasteiger partial charge in [0.15, 0.2) is 15.0 Å². The molecule has 0 aliphatic carbocycles. The number of thioether (sulfide) groups is 1. The molecule has 0 aromatic heterocycles. The van der Waals surface area contributed by atoms with Crippen molar-refractivity contribution < 1.29 is 13.2 Å². The van der Waals surface area contributed by atoms with E-state index < -0.39 is 9.84 Å². The van der Waals surface area contributed by atoms with Crippen LogP contribution in [-0.2, 0) is 21.1 Å². The van der Waals surface area contributed by atoms with Crippen LogP contribution in [0, 0.1) is 0 Å². The highest BCUT2D eigenvalue weighted by Gasteiger charge is 2.49. The van der Waals surface area contributed by atoms with Gasteiger partial charge in [0, 0.05) is 16.0 Å². The van der Waals surface area contributed by atoms with Crippen molar-refractivity contribution in [3.8, 4) is 0 Å². The zero-order valence-electron chi connectivity index (χ0n) is 16.8. The van der Waals surface area contributed by atoms with Crippen molar-refractivity contribution in [3.63, 3.8) is 0 Å². The molecule has 2 saturated heterocycles. The van der Waals surface area contributed by atoms with E-state index in [-0.39, 0.29) is 41.0 Å². The Bertz CT molecular complexity index is 1110. The molecule has 2 fully saturated rings. The summed E-state index contributed by atoms with van der Waals surface area (Å²) < 4.78 is 24.6. The molecule has 2 heterocycles. The lowest BCUT2D eigenvalue weighted by molar-refractivity contribution is -0.117. The minimum atomic E-state index is -3.11. The van der Waals surface area contributed by atoms with Crippen LogP contribution in [0.5, 0.6) is 0 Å². The van der Waals surface area contributed by atoms with Gasteiger partial charge in [-0.1, -0.05) is 73.6 Å². The molecule has 2 unspecified atom stereocenters. The first-order chi connectivity index (χ1) is 14.2. The monoisotopic (exact) mass is 462 g/mol. The number of sulfone groups is 1. The van der Waals surface area contributed by atoms with Gasteiger partial charge < -0.3 is 4.90 Å². The van der Waals surface area contributed by atoms with Gasteiger partial charge in [0.2, 0.25) is 0 Å². The smallest absolute Gasteiger partial charge is 0.252 e. The van der Waals surface area contributed by atoms with Crippen LogP contribution in [0.15, 0.2) is 53.5 Å². The Labute approximate surface area is 186 Å². The maximum atomic E-state index is 12.8. The van der Waals surface area contributed by atoms with E-state index in [0.717, 1.165) is 16.8 Å². The fourth-order valence-electron chi connectivity index (χ4n) is 3.99. The van der Waals surface area contributed by atoms with Crippen molar-refractivity contribution in [3.05, 3.63) is 64.7 Å². The topological polar surface area (TPSA) is 66.8 Å². The molecule has 2 aliphatic heterocycles. The number of carbonyl (C=O) groups excluding carboxylic acids is 1. The van der Waals surface area contributed by atoms with E-state index in [1.807, 2.05) is 47.4 Å². The van der Waals surface area contributed by atoms with E-state index in [9.17, 15) is 13.2 Å². The second kappa shape index (κ2) is 8.36. The Morgan fingerprint density at radius 2 is 1.87 bits per heavy atom. The second-order valence-electron chi connectivity index (χ2n) is 7.94. The summed E-state index contributed by atoms with van der Waals surface area (Å²) in [5.74, 6) is 0.152. The predicted molar refractivity (Wildman–Crippen MR) is 124 cm³/mol. The first-order valence-corrected chi connectivity index (χ1v) is 12.9. The zero-order chi connectivity index (χ0) is 21.5. The number of fused-ring (bicyclic) bond motifs is 1. The van der Waals surface area contributed by atoms with Gasteiger partial charge in [-0.3, -0.25) is 4.79 Å². The number of hydrogen-bond acceptors (Lipinski definition) is 4. The summed E-state index contributed by atoms with van der Waals surface area (Å²) in [6.07, 6.45) is 0.108. The normalized spacial score (nSPS) is 23.9. The molecule has 2 atom stereocenters. The zero-order valence-corrected chi connectivity index (χ0v) is 19.2. The number of aliphatic imine (C=N–C) groups is 1. The Balaban J connectivity index is 1.71. The van der Waals surface area contributed by atoms with Gasteiger partial charge in [0.25, 0.3) is 5.91 Å². The Kier molecular flexibility index (Phi) is 5.97. The number of amides is 1. The van der Waals surface area contributed by atoms with Crippen molar-refractivity contribution in [1.29, 1.82) is 0 Å². The number of anilines is 1. The average Bonchev–Trinajstić information content (AvgIpc) is 3.14. The molecule has 2 aromatic carbocycles. The second-order valence-corrected chi connectivity index (χ2v) is 11.7. The van der Waals surface area contributed by atoms with E-state index in [1.165, 1.54) is 11.8 Å². The van der Waals surface area contributed by atoms with Crippen LogP contribution in [-0.4, -0.2) is 42.3 Å². The van der Waals surface area contributed by atoms with E-state index in [0.29, 0.717) is 10.2 Å². The molecule has 4 rings (SSSR count). The molecule has 1 amide bonds. The van der Waals surface area contributed by atoms with Crippen molar-refractivity contribution in [2.75, 3.05) is 16.4 Å². The molecule has 0 N–H and O–H groups in total. The highest BCUT2D eigenvalue weighted by Crippen LogP contribution is 2.43. The van der Waals surface area contributed by atoms with Crippen LogP contribution in [0.2, 0.25) is 5.02 Å². The highest BCUT2D eigenvalue weighted by molar-refractivity contribution is 8.16. The molecule has 158 valence electrons. The van der Waals surface area contributed by atoms with Crippen LogP contribution >= 0.6 is 23.4 Å². The molecule has 2 aromatic rings. The lowest BCUT2D eigenvalue weighted by Crippen LogP contribution is -2.38. The first kappa shape index (κ1) is 21.4. The quantitative estimate of drug-likeness (QED) is 0.677. The summed E-state index contributed by atoms with van der Waals surface area (Å²) in [5, 5.41) is 0.988. The van der Waals surface area contributed by atoms with Crippen LogP contribution in [0.25, 0.3) is 0 Å². The Hall–Kier alpha value is -1.83. The summed E-state index contributed by atoms with van der Waals surface area (Å²) in [4.78, 5) is 19.1. The van der Waals surface area contributed by atoms with Crippen LogP contribution < -0.4 is 4.90 Å². The van der Waals surface area contributed by atoms with E-state index in [2.05, 4.69) is 18.8 Å². The van der Waals surface area contributed by atoms with Gasteiger partial charge in [-0.2, -0.15) is 4.99 Å². The lowest BCUT2D eigenvalue weighted by atomic mass is 9.99. The molecule has 8 heteroatoms. The molecule has 0 bridgehead atoms. The minimum absolute atomic E-state index is 0.0782. The van der Waals surface area contributed by atoms with Gasteiger partial charge in [0.1, 0.15) is 0 Å². The predicted octanol–water partition coefficient (Wildman–Crippen LogP) is 4.31. The number of halogens is 1. The molecule has 2 aliphatic rings. The third kappa shape index (κ3) is 4.29. The van der Waals surface area contributed by atoms with Crippen molar-refractivity contribution >= 4 is 50.0 Å². The maximum absolute atomic E-state index is 12.8. The summed E-state index contributed by atoms with van der Waals surface area (Å²) in [6, 6.07) is 15.0. The molecule has 0 spiro atoms. The maximum Gasteiger partial charge on any atom is 0.252 e. The number of benzene rings is 2. The van der Waals surface area contributed by atoms with Crippen LogP contribution in [0.4, 0.5) is 5.69 Å². The van der Waals surface area contributed by atoms with E-state index >= 15 is 0 Å². The SMILES string of the molecule is CC(C)c1ccccc1N1C(=NC(=O)Cc2ccccc2Cl)SC2CS(=O)(=O)CC21. The van der Waals surface area contributed by atoms with Crippen LogP contribution in [0.3, 0.4) is 0 Å². The first-order valence-electron chi connectivity index (χ1n) is 9.85. The highest BCUT2D eigenvalue weighted by atomic mass is 35.5. The summed E-state index contributed by atoms with van der Waals surface area (Å²) in [6.45, 7) is 4.20. The average molecular weight is 463 g/mol. The lowest BCUT2D eigenvalue weighted by Gasteiger charge is -2.28. The van der Waals surface area contributed by atoms with Gasteiger partial charge in [-0.15, -0.1) is 0 Å². The van der Waals surface area contributed by atoms with Gasteiger partial charge in [-0.25, -0.2) is 8.42 Å². The summed E-state index contributed by atoms with van der Waals surface area (Å²) in [7, 11) is -3.11. The fourth-order valence-corrected chi connectivity index (χ4v) is 8.12. The van der Waals surface area contributed by atoms with Crippen molar-refractivity contribution in [2.45, 2.75) is 37.5 Å². The Morgan fingerprint density at radius 1 is 1.17 bits per heavy atom.